The standard InChI is InChI=1S/C26H26N2O4S2/c1-4-6-14-32-18-11-9-10-17(15-18)23(29)28-25-21(16(3)22(34-25)26(30)31-5-2)24-27-19-12-7-8-13-20(19)33-24/h7-13,15H,4-6,14H2,1-3H3,(H,28,29). The molecule has 4 aromatic rings. The summed E-state index contributed by atoms with van der Waals surface area (Å²) < 4.78 is 12.0. The second-order valence-electron chi connectivity index (χ2n) is 7.65. The predicted octanol–water partition coefficient (Wildman–Crippen LogP) is 6.94. The molecule has 1 N–H and O–H groups in total. The number of amides is 1. The number of hydrogen-bond acceptors (Lipinski definition) is 7. The van der Waals surface area contributed by atoms with Crippen LogP contribution >= 0.6 is 22.7 Å². The van der Waals surface area contributed by atoms with Crippen LogP contribution in [0.25, 0.3) is 20.8 Å². The van der Waals surface area contributed by atoms with Crippen LogP contribution in [0.4, 0.5) is 5.00 Å². The lowest BCUT2D eigenvalue weighted by Crippen LogP contribution is -2.11. The van der Waals surface area contributed by atoms with Crippen molar-refractivity contribution < 1.29 is 19.1 Å². The molecule has 2 aromatic carbocycles. The number of carbonyl (C=O) groups is 2. The highest BCUT2D eigenvalue weighted by Crippen LogP contribution is 2.43. The first kappa shape index (κ1) is 23.9. The average Bonchev–Trinajstić information content (AvgIpc) is 3.40. The number of thiazole rings is 1. The summed E-state index contributed by atoms with van der Waals surface area (Å²) in [7, 11) is 0. The molecule has 8 heteroatoms. The van der Waals surface area contributed by atoms with E-state index in [1.54, 1.807) is 25.1 Å². The monoisotopic (exact) mass is 494 g/mol. The molecule has 0 atom stereocenters. The number of hydrogen-bond donors (Lipinski definition) is 1. The van der Waals surface area contributed by atoms with Crippen molar-refractivity contribution in [2.45, 2.75) is 33.6 Å². The van der Waals surface area contributed by atoms with Gasteiger partial charge in [0.2, 0.25) is 0 Å². The molecule has 4 rings (SSSR count). The third kappa shape index (κ3) is 5.13. The molecular weight excluding hydrogens is 468 g/mol. The third-order valence-corrected chi connectivity index (χ3v) is 7.45. The lowest BCUT2D eigenvalue weighted by atomic mass is 10.1. The molecule has 2 aromatic heterocycles. The molecule has 6 nitrogen and oxygen atoms in total. The minimum atomic E-state index is -0.404. The lowest BCUT2D eigenvalue weighted by Gasteiger charge is -2.09. The zero-order valence-electron chi connectivity index (χ0n) is 19.3. The van der Waals surface area contributed by atoms with Gasteiger partial charge in [0.1, 0.15) is 20.6 Å². The molecule has 0 bridgehead atoms. The van der Waals surface area contributed by atoms with E-state index in [4.69, 9.17) is 14.5 Å². The molecule has 0 radical (unpaired) electrons. The molecule has 0 spiro atoms. The summed E-state index contributed by atoms with van der Waals surface area (Å²) in [6.45, 7) is 6.62. The fraction of sp³-hybridized carbons (Fsp3) is 0.269. The van der Waals surface area contributed by atoms with Gasteiger partial charge in [-0.05, 0) is 56.2 Å². The van der Waals surface area contributed by atoms with Crippen LogP contribution in [-0.4, -0.2) is 30.1 Å². The normalized spacial score (nSPS) is 10.9. The summed E-state index contributed by atoms with van der Waals surface area (Å²) in [6.07, 6.45) is 1.99. The van der Waals surface area contributed by atoms with E-state index < -0.39 is 5.97 Å². The Morgan fingerprint density at radius 1 is 1.06 bits per heavy atom. The topological polar surface area (TPSA) is 77.5 Å². The number of fused-ring (bicyclic) bond motifs is 1. The maximum atomic E-state index is 13.2. The Kier molecular flexibility index (Phi) is 7.59. The van der Waals surface area contributed by atoms with E-state index in [-0.39, 0.29) is 12.5 Å². The predicted molar refractivity (Wildman–Crippen MR) is 138 cm³/mol. The number of thiophene rings is 1. The number of unbranched alkanes of at least 4 members (excludes halogenated alkanes) is 1. The van der Waals surface area contributed by atoms with Crippen molar-refractivity contribution >= 4 is 49.8 Å². The molecule has 34 heavy (non-hydrogen) atoms. The van der Waals surface area contributed by atoms with Gasteiger partial charge < -0.3 is 14.8 Å². The van der Waals surface area contributed by atoms with Gasteiger partial charge in [-0.25, -0.2) is 9.78 Å². The fourth-order valence-electron chi connectivity index (χ4n) is 3.47. The first-order chi connectivity index (χ1) is 16.5. The van der Waals surface area contributed by atoms with Gasteiger partial charge in [0.15, 0.2) is 0 Å². The number of benzene rings is 2. The van der Waals surface area contributed by atoms with Crippen LogP contribution in [0.3, 0.4) is 0 Å². The van der Waals surface area contributed by atoms with Crippen molar-refractivity contribution in [3.63, 3.8) is 0 Å². The summed E-state index contributed by atoms with van der Waals surface area (Å²) in [6, 6.07) is 15.0. The lowest BCUT2D eigenvalue weighted by molar-refractivity contribution is 0.0531. The summed E-state index contributed by atoms with van der Waals surface area (Å²) in [4.78, 5) is 31.0. The van der Waals surface area contributed by atoms with E-state index in [2.05, 4.69) is 12.2 Å². The SMILES string of the molecule is CCCCOc1cccc(C(=O)Nc2sc(C(=O)OCC)c(C)c2-c2nc3ccccc3s2)c1. The largest absolute Gasteiger partial charge is 0.494 e. The molecule has 0 aliphatic carbocycles. The van der Waals surface area contributed by atoms with Gasteiger partial charge in [0.05, 0.1) is 23.4 Å². The number of nitrogens with zero attached hydrogens (tertiary/aromatic N) is 1. The third-order valence-electron chi connectivity index (χ3n) is 5.21. The summed E-state index contributed by atoms with van der Waals surface area (Å²) in [5.74, 6) is -0.0267. The van der Waals surface area contributed by atoms with Crippen molar-refractivity contribution in [2.24, 2.45) is 0 Å². The van der Waals surface area contributed by atoms with E-state index >= 15 is 0 Å². The van der Waals surface area contributed by atoms with Gasteiger partial charge in [-0.2, -0.15) is 0 Å². The average molecular weight is 495 g/mol. The van der Waals surface area contributed by atoms with Crippen LogP contribution in [0.2, 0.25) is 0 Å². The van der Waals surface area contributed by atoms with Crippen LogP contribution in [0.1, 0.15) is 52.3 Å². The zero-order valence-corrected chi connectivity index (χ0v) is 21.0. The van der Waals surface area contributed by atoms with Gasteiger partial charge in [-0.1, -0.05) is 31.5 Å². The van der Waals surface area contributed by atoms with E-state index in [0.29, 0.717) is 27.8 Å². The zero-order chi connectivity index (χ0) is 24.1. The summed E-state index contributed by atoms with van der Waals surface area (Å²) in [5, 5.41) is 4.32. The number of aromatic nitrogens is 1. The van der Waals surface area contributed by atoms with Gasteiger partial charge >= 0.3 is 5.97 Å². The number of rotatable bonds is 9. The number of anilines is 1. The first-order valence-electron chi connectivity index (χ1n) is 11.2. The highest BCUT2D eigenvalue weighted by molar-refractivity contribution is 7.23. The molecule has 2 heterocycles. The highest BCUT2D eigenvalue weighted by atomic mass is 32.1. The van der Waals surface area contributed by atoms with Crippen molar-refractivity contribution in [1.82, 2.24) is 4.98 Å². The molecule has 0 aliphatic rings. The number of nitrogens with one attached hydrogen (secondary N) is 1. The Bertz CT molecular complexity index is 1290. The number of esters is 1. The van der Waals surface area contributed by atoms with E-state index in [1.807, 2.05) is 37.3 Å². The smallest absolute Gasteiger partial charge is 0.348 e. The van der Waals surface area contributed by atoms with Crippen LogP contribution in [0.15, 0.2) is 48.5 Å². The second kappa shape index (κ2) is 10.8. The van der Waals surface area contributed by atoms with Crippen molar-refractivity contribution in [1.29, 1.82) is 0 Å². The van der Waals surface area contributed by atoms with Crippen LogP contribution < -0.4 is 10.1 Å². The van der Waals surface area contributed by atoms with E-state index in [9.17, 15) is 9.59 Å². The van der Waals surface area contributed by atoms with Crippen LogP contribution in [-0.2, 0) is 4.74 Å². The van der Waals surface area contributed by atoms with Gasteiger partial charge in [-0.15, -0.1) is 22.7 Å². The van der Waals surface area contributed by atoms with E-state index in [1.165, 1.54) is 22.7 Å². The molecule has 0 aliphatic heterocycles. The quantitative estimate of drug-likeness (QED) is 0.201. The molecule has 0 fully saturated rings. The minimum Gasteiger partial charge on any atom is -0.494 e. The second-order valence-corrected chi connectivity index (χ2v) is 9.70. The first-order valence-corrected chi connectivity index (χ1v) is 12.9. The Hall–Kier alpha value is -3.23. The maximum Gasteiger partial charge on any atom is 0.348 e. The fourth-order valence-corrected chi connectivity index (χ4v) is 5.70. The van der Waals surface area contributed by atoms with Crippen molar-refractivity contribution in [3.8, 4) is 16.3 Å². The van der Waals surface area contributed by atoms with Gasteiger partial charge in [0, 0.05) is 11.1 Å². The summed E-state index contributed by atoms with van der Waals surface area (Å²) >= 11 is 2.74. The Morgan fingerprint density at radius 3 is 2.65 bits per heavy atom. The minimum absolute atomic E-state index is 0.277. The molecule has 0 saturated heterocycles. The molecule has 0 unspecified atom stereocenters. The number of ether oxygens (including phenoxy) is 2. The molecule has 1 amide bonds. The Labute approximate surface area is 206 Å². The molecule has 176 valence electrons. The molecule has 0 saturated carbocycles. The Balaban J connectivity index is 1.69. The summed E-state index contributed by atoms with van der Waals surface area (Å²) in [5.41, 5.74) is 2.85. The Morgan fingerprint density at radius 2 is 1.88 bits per heavy atom. The number of carbonyl (C=O) groups excluding carboxylic acids is 2. The highest BCUT2D eigenvalue weighted by Gasteiger charge is 2.25. The number of para-hydroxylation sites is 1. The van der Waals surface area contributed by atoms with Gasteiger partial charge in [0.25, 0.3) is 5.91 Å². The van der Waals surface area contributed by atoms with Gasteiger partial charge in [-0.3, -0.25) is 4.79 Å². The van der Waals surface area contributed by atoms with Crippen molar-refractivity contribution in [3.05, 3.63) is 64.5 Å². The van der Waals surface area contributed by atoms with E-state index in [0.717, 1.165) is 39.2 Å². The maximum absolute atomic E-state index is 13.2. The van der Waals surface area contributed by atoms with Crippen LogP contribution in [0.5, 0.6) is 5.75 Å². The van der Waals surface area contributed by atoms with Crippen molar-refractivity contribution in [2.75, 3.05) is 18.5 Å². The van der Waals surface area contributed by atoms with Crippen LogP contribution in [0, 0.1) is 6.92 Å². The molecular formula is C26H26N2O4S2.